The highest BCUT2D eigenvalue weighted by Crippen LogP contribution is 2.19. The molecule has 0 aliphatic carbocycles. The molecule has 0 aliphatic heterocycles. The first kappa shape index (κ1) is 8.97. The Kier molecular flexibility index (Phi) is 1.90. The van der Waals surface area contributed by atoms with Crippen molar-refractivity contribution in [1.82, 2.24) is 9.97 Å². The van der Waals surface area contributed by atoms with Gasteiger partial charge in [0.2, 0.25) is 0 Å². The van der Waals surface area contributed by atoms with Gasteiger partial charge in [0.15, 0.2) is 0 Å². The number of pyridine rings is 1. The monoisotopic (exact) mass is 208 g/mol. The van der Waals surface area contributed by atoms with Gasteiger partial charge in [0.25, 0.3) is 5.56 Å². The van der Waals surface area contributed by atoms with Crippen LogP contribution in [0.2, 0.25) is 0 Å². The zero-order valence-electron chi connectivity index (χ0n) is 8.42. The van der Waals surface area contributed by atoms with Crippen LogP contribution >= 0.6 is 0 Å². The summed E-state index contributed by atoms with van der Waals surface area (Å²) in [6.45, 7) is 0. The fourth-order valence-electron chi connectivity index (χ4n) is 1.78. The molecule has 0 radical (unpaired) electrons. The minimum Gasteiger partial charge on any atom is -0.267 e. The summed E-state index contributed by atoms with van der Waals surface area (Å²) in [4.78, 5) is 19.6. The van der Waals surface area contributed by atoms with Crippen molar-refractivity contribution in [3.05, 3.63) is 59.0 Å². The molecule has 0 saturated carbocycles. The van der Waals surface area contributed by atoms with Crippen LogP contribution in [-0.4, -0.2) is 9.97 Å². The molecule has 2 heterocycles. The zero-order chi connectivity index (χ0) is 11.0. The second-order valence-corrected chi connectivity index (χ2v) is 3.55. The third-order valence-electron chi connectivity index (χ3n) is 2.53. The van der Waals surface area contributed by atoms with Crippen LogP contribution in [0.1, 0.15) is 0 Å². The fourth-order valence-corrected chi connectivity index (χ4v) is 1.78. The van der Waals surface area contributed by atoms with Gasteiger partial charge in [-0.1, -0.05) is 18.2 Å². The molecule has 0 N–H and O–H groups in total. The Balaban J connectivity index is 2.63. The van der Waals surface area contributed by atoms with E-state index in [-0.39, 0.29) is 5.56 Å². The summed E-state index contributed by atoms with van der Waals surface area (Å²) in [6.07, 6.45) is 1.73. The highest BCUT2D eigenvalue weighted by atomic mass is 16.1. The molecule has 0 saturated heterocycles. The summed E-state index contributed by atoms with van der Waals surface area (Å²) in [5.74, 6) is 0. The SMILES string of the molecule is O=c1ccc2ccc3nccccc3c2n1. The van der Waals surface area contributed by atoms with Gasteiger partial charge >= 0.3 is 0 Å². The van der Waals surface area contributed by atoms with Crippen molar-refractivity contribution < 1.29 is 0 Å². The van der Waals surface area contributed by atoms with Crippen LogP contribution in [0.4, 0.5) is 0 Å². The lowest BCUT2D eigenvalue weighted by molar-refractivity contribution is 1.31. The summed E-state index contributed by atoms with van der Waals surface area (Å²) >= 11 is 0. The van der Waals surface area contributed by atoms with E-state index in [4.69, 9.17) is 0 Å². The van der Waals surface area contributed by atoms with E-state index in [1.165, 1.54) is 6.07 Å². The van der Waals surface area contributed by atoms with Gasteiger partial charge < -0.3 is 0 Å². The summed E-state index contributed by atoms with van der Waals surface area (Å²) < 4.78 is 0. The predicted octanol–water partition coefficient (Wildman–Crippen LogP) is 2.14. The molecule has 1 aromatic carbocycles. The number of aromatic nitrogens is 2. The van der Waals surface area contributed by atoms with Crippen LogP contribution in [0, 0.1) is 0 Å². The average molecular weight is 208 g/mol. The molecule has 76 valence electrons. The van der Waals surface area contributed by atoms with Gasteiger partial charge in [-0.05, 0) is 18.2 Å². The summed E-state index contributed by atoms with van der Waals surface area (Å²) in [5, 5.41) is 1.86. The second kappa shape index (κ2) is 3.38. The lowest BCUT2D eigenvalue weighted by Gasteiger charge is -1.97. The third kappa shape index (κ3) is 1.34. The van der Waals surface area contributed by atoms with Crippen molar-refractivity contribution in [2.24, 2.45) is 0 Å². The van der Waals surface area contributed by atoms with Gasteiger partial charge in [0.1, 0.15) is 0 Å². The fraction of sp³-hybridized carbons (Fsp3) is 0. The molecule has 3 heteroatoms. The van der Waals surface area contributed by atoms with Gasteiger partial charge in [-0.3, -0.25) is 9.78 Å². The van der Waals surface area contributed by atoms with Gasteiger partial charge in [0, 0.05) is 23.0 Å². The van der Waals surface area contributed by atoms with Gasteiger partial charge in [-0.15, -0.1) is 0 Å². The molecular formula is C13H8N2O. The Morgan fingerprint density at radius 2 is 1.81 bits per heavy atom. The first-order valence-corrected chi connectivity index (χ1v) is 4.99. The molecule has 0 amide bonds. The Labute approximate surface area is 91.4 Å². The van der Waals surface area contributed by atoms with Crippen LogP contribution in [0.15, 0.2) is 53.5 Å². The maximum atomic E-state index is 11.3. The summed E-state index contributed by atoms with van der Waals surface area (Å²) in [7, 11) is 0. The van der Waals surface area contributed by atoms with Gasteiger partial charge in [-0.25, -0.2) is 4.98 Å². The van der Waals surface area contributed by atoms with Crippen LogP contribution < -0.4 is 5.56 Å². The quantitative estimate of drug-likeness (QED) is 0.568. The first-order valence-electron chi connectivity index (χ1n) is 4.99. The van der Waals surface area contributed by atoms with Crippen LogP contribution in [-0.2, 0) is 0 Å². The molecule has 3 aromatic rings. The largest absolute Gasteiger partial charge is 0.270 e. The Hall–Kier alpha value is -2.29. The third-order valence-corrected chi connectivity index (χ3v) is 2.53. The van der Waals surface area contributed by atoms with E-state index < -0.39 is 0 Å². The minimum absolute atomic E-state index is 0.216. The van der Waals surface area contributed by atoms with Crippen LogP contribution in [0.25, 0.3) is 21.8 Å². The van der Waals surface area contributed by atoms with Crippen molar-refractivity contribution in [3.8, 4) is 0 Å². The van der Waals surface area contributed by atoms with Crippen LogP contribution in [0.5, 0.6) is 0 Å². The Morgan fingerprint density at radius 3 is 2.75 bits per heavy atom. The average Bonchev–Trinajstić information content (AvgIpc) is 2.54. The standard InChI is InChI=1S/C13H8N2O/c16-12-7-5-9-4-6-11-10(13(9)15-12)3-1-2-8-14-11/h1-8H. The van der Waals surface area contributed by atoms with Crippen molar-refractivity contribution in [2.75, 3.05) is 0 Å². The summed E-state index contributed by atoms with van der Waals surface area (Å²) in [6, 6.07) is 12.8. The molecule has 16 heavy (non-hydrogen) atoms. The molecular weight excluding hydrogens is 200 g/mol. The number of hydrogen-bond donors (Lipinski definition) is 0. The summed E-state index contributed by atoms with van der Waals surface area (Å²) in [5.41, 5.74) is 1.34. The number of fused-ring (bicyclic) bond motifs is 3. The second-order valence-electron chi connectivity index (χ2n) is 3.55. The molecule has 0 atom stereocenters. The van der Waals surface area contributed by atoms with E-state index >= 15 is 0 Å². The Morgan fingerprint density at radius 1 is 0.938 bits per heavy atom. The van der Waals surface area contributed by atoms with E-state index in [0.29, 0.717) is 5.52 Å². The Bertz CT molecular complexity index is 738. The highest BCUT2D eigenvalue weighted by Gasteiger charge is 2.01. The number of nitrogens with zero attached hydrogens (tertiary/aromatic N) is 2. The van der Waals surface area contributed by atoms with Gasteiger partial charge in [0.05, 0.1) is 11.0 Å². The highest BCUT2D eigenvalue weighted by molar-refractivity contribution is 6.03. The van der Waals surface area contributed by atoms with Gasteiger partial charge in [-0.2, -0.15) is 0 Å². The maximum absolute atomic E-state index is 11.3. The van der Waals surface area contributed by atoms with Crippen molar-refractivity contribution >= 4 is 21.8 Å². The number of hydrogen-bond acceptors (Lipinski definition) is 3. The molecule has 0 aliphatic rings. The van der Waals surface area contributed by atoms with E-state index in [2.05, 4.69) is 9.97 Å². The molecule has 0 unspecified atom stereocenters. The molecule has 3 nitrogen and oxygen atoms in total. The van der Waals surface area contributed by atoms with Crippen LogP contribution in [0.3, 0.4) is 0 Å². The smallest absolute Gasteiger partial charge is 0.267 e. The van der Waals surface area contributed by atoms with E-state index in [9.17, 15) is 4.79 Å². The zero-order valence-corrected chi connectivity index (χ0v) is 8.42. The van der Waals surface area contributed by atoms with E-state index in [0.717, 1.165) is 16.3 Å². The lowest BCUT2D eigenvalue weighted by atomic mass is 10.1. The lowest BCUT2D eigenvalue weighted by Crippen LogP contribution is -2.02. The van der Waals surface area contributed by atoms with Crippen molar-refractivity contribution in [2.45, 2.75) is 0 Å². The minimum atomic E-state index is -0.216. The van der Waals surface area contributed by atoms with Crippen molar-refractivity contribution in [1.29, 1.82) is 0 Å². The van der Waals surface area contributed by atoms with E-state index in [1.54, 1.807) is 12.3 Å². The topological polar surface area (TPSA) is 42.9 Å². The molecule has 0 spiro atoms. The molecule has 0 bridgehead atoms. The first-order chi connectivity index (χ1) is 7.84. The normalized spacial score (nSPS) is 10.8. The maximum Gasteiger partial charge on any atom is 0.270 e. The molecule has 0 fully saturated rings. The van der Waals surface area contributed by atoms with E-state index in [1.807, 2.05) is 30.3 Å². The predicted molar refractivity (Wildman–Crippen MR) is 63.3 cm³/mol. The number of benzene rings is 1. The molecule has 3 rings (SSSR count). The molecule has 2 aromatic heterocycles. The number of rotatable bonds is 0. The van der Waals surface area contributed by atoms with Crippen molar-refractivity contribution in [3.63, 3.8) is 0 Å².